The first-order chi connectivity index (χ1) is 10.6. The molecule has 23 heavy (non-hydrogen) atoms. The Bertz CT molecular complexity index is 639. The zero-order valence-electron chi connectivity index (χ0n) is 12.6. The standard InChI is InChI=1S/C14H19F3N2O3S/c1-10(18)11-5-7-19(8-6-11)23(20,21)13-4-2-3-12(9-13)22-14(15,16)17/h2-4,9-11H,5-8,18H2,1H3. The lowest BCUT2D eigenvalue weighted by Gasteiger charge is -2.33. The van der Waals surface area contributed by atoms with Crippen molar-refractivity contribution in [2.24, 2.45) is 11.7 Å². The normalized spacial score (nSPS) is 19.5. The van der Waals surface area contributed by atoms with E-state index in [4.69, 9.17) is 5.73 Å². The molecule has 1 heterocycles. The van der Waals surface area contributed by atoms with Crippen LogP contribution in [0.5, 0.6) is 5.75 Å². The number of halogens is 3. The summed E-state index contributed by atoms with van der Waals surface area (Å²) >= 11 is 0. The fourth-order valence-corrected chi connectivity index (χ4v) is 4.13. The summed E-state index contributed by atoms with van der Waals surface area (Å²) in [5.74, 6) is -0.301. The van der Waals surface area contributed by atoms with Gasteiger partial charge in [0.2, 0.25) is 10.0 Å². The molecule has 1 aliphatic rings. The van der Waals surface area contributed by atoms with Gasteiger partial charge in [0, 0.05) is 25.2 Å². The van der Waals surface area contributed by atoms with Gasteiger partial charge in [0.1, 0.15) is 5.75 Å². The summed E-state index contributed by atoms with van der Waals surface area (Å²) in [6.07, 6.45) is -3.59. The molecule has 1 aliphatic heterocycles. The molecule has 1 aromatic rings. The van der Waals surface area contributed by atoms with E-state index in [1.165, 1.54) is 16.4 Å². The van der Waals surface area contributed by atoms with Crippen LogP contribution in [-0.4, -0.2) is 38.2 Å². The van der Waals surface area contributed by atoms with E-state index in [1.807, 2.05) is 6.92 Å². The molecular weight excluding hydrogens is 333 g/mol. The van der Waals surface area contributed by atoms with Crippen molar-refractivity contribution >= 4 is 10.0 Å². The molecule has 0 aliphatic carbocycles. The van der Waals surface area contributed by atoms with Crippen molar-refractivity contribution < 1.29 is 26.3 Å². The summed E-state index contributed by atoms with van der Waals surface area (Å²) in [6, 6.07) is 4.43. The number of sulfonamides is 1. The second kappa shape index (κ2) is 6.66. The van der Waals surface area contributed by atoms with Gasteiger partial charge in [-0.2, -0.15) is 4.31 Å². The van der Waals surface area contributed by atoms with Gasteiger partial charge in [0.05, 0.1) is 4.90 Å². The highest BCUT2D eigenvalue weighted by atomic mass is 32.2. The van der Waals surface area contributed by atoms with E-state index in [9.17, 15) is 21.6 Å². The number of hydrogen-bond donors (Lipinski definition) is 1. The van der Waals surface area contributed by atoms with Gasteiger partial charge >= 0.3 is 6.36 Å². The van der Waals surface area contributed by atoms with Crippen molar-refractivity contribution in [2.45, 2.75) is 37.1 Å². The Hall–Kier alpha value is -1.32. The topological polar surface area (TPSA) is 72.6 Å². The molecule has 0 radical (unpaired) electrons. The Balaban J connectivity index is 2.16. The Morgan fingerprint density at radius 1 is 1.30 bits per heavy atom. The van der Waals surface area contributed by atoms with E-state index in [1.54, 1.807) is 0 Å². The van der Waals surface area contributed by atoms with E-state index in [0.717, 1.165) is 12.1 Å². The number of alkyl halides is 3. The number of ether oxygens (including phenoxy) is 1. The smallest absolute Gasteiger partial charge is 0.406 e. The first-order valence-electron chi connectivity index (χ1n) is 7.21. The fraction of sp³-hybridized carbons (Fsp3) is 0.571. The maximum atomic E-state index is 12.5. The van der Waals surface area contributed by atoms with Gasteiger partial charge in [-0.15, -0.1) is 13.2 Å². The molecule has 1 aromatic carbocycles. The quantitative estimate of drug-likeness (QED) is 0.903. The van der Waals surface area contributed by atoms with Gasteiger partial charge < -0.3 is 10.5 Å². The van der Waals surface area contributed by atoms with Gasteiger partial charge in [0.15, 0.2) is 0 Å². The van der Waals surface area contributed by atoms with Crippen molar-refractivity contribution in [3.05, 3.63) is 24.3 Å². The molecule has 1 unspecified atom stereocenters. The molecule has 0 aromatic heterocycles. The molecule has 1 fully saturated rings. The minimum atomic E-state index is -4.86. The predicted molar refractivity (Wildman–Crippen MR) is 78.3 cm³/mol. The van der Waals surface area contributed by atoms with Gasteiger partial charge in [0.25, 0.3) is 0 Å². The molecule has 1 atom stereocenters. The summed E-state index contributed by atoms with van der Waals surface area (Å²) in [5.41, 5.74) is 5.82. The third kappa shape index (κ3) is 4.58. The summed E-state index contributed by atoms with van der Waals surface area (Å²) in [5, 5.41) is 0. The van der Waals surface area contributed by atoms with Crippen LogP contribution in [0.15, 0.2) is 29.2 Å². The van der Waals surface area contributed by atoms with Crippen LogP contribution in [0, 0.1) is 5.92 Å². The summed E-state index contributed by atoms with van der Waals surface area (Å²) in [4.78, 5) is -0.210. The van der Waals surface area contributed by atoms with Crippen molar-refractivity contribution in [1.29, 1.82) is 0 Å². The first-order valence-corrected chi connectivity index (χ1v) is 8.65. The molecule has 2 rings (SSSR count). The lowest BCUT2D eigenvalue weighted by atomic mass is 9.92. The number of rotatable bonds is 4. The lowest BCUT2D eigenvalue weighted by molar-refractivity contribution is -0.274. The Morgan fingerprint density at radius 3 is 2.43 bits per heavy atom. The van der Waals surface area contributed by atoms with Crippen molar-refractivity contribution in [3.63, 3.8) is 0 Å². The Labute approximate surface area is 133 Å². The molecular formula is C14H19F3N2O3S. The van der Waals surface area contributed by atoms with Crippen molar-refractivity contribution in [1.82, 2.24) is 4.31 Å². The van der Waals surface area contributed by atoms with Crippen LogP contribution in [0.3, 0.4) is 0 Å². The average molecular weight is 352 g/mol. The second-order valence-corrected chi connectivity index (χ2v) is 7.56. The van der Waals surface area contributed by atoms with Crippen molar-refractivity contribution in [2.75, 3.05) is 13.1 Å². The molecule has 0 bridgehead atoms. The molecule has 130 valence electrons. The number of hydrogen-bond acceptors (Lipinski definition) is 4. The number of piperidine rings is 1. The summed E-state index contributed by atoms with van der Waals surface area (Å²) in [7, 11) is -3.84. The third-order valence-corrected chi connectivity index (χ3v) is 5.81. The molecule has 0 spiro atoms. The van der Waals surface area contributed by atoms with Crippen LogP contribution in [-0.2, 0) is 10.0 Å². The average Bonchev–Trinajstić information content (AvgIpc) is 2.46. The van der Waals surface area contributed by atoms with E-state index in [2.05, 4.69) is 4.74 Å². The third-order valence-electron chi connectivity index (χ3n) is 3.92. The fourth-order valence-electron chi connectivity index (χ4n) is 2.62. The van der Waals surface area contributed by atoms with E-state index >= 15 is 0 Å². The zero-order valence-corrected chi connectivity index (χ0v) is 13.4. The highest BCUT2D eigenvalue weighted by Crippen LogP contribution is 2.28. The van der Waals surface area contributed by atoms with Gasteiger partial charge in [-0.05, 0) is 37.8 Å². The van der Waals surface area contributed by atoms with Crippen LogP contribution >= 0.6 is 0 Å². The molecule has 5 nitrogen and oxygen atoms in total. The number of benzene rings is 1. The van der Waals surface area contributed by atoms with Crippen molar-refractivity contribution in [3.8, 4) is 5.75 Å². The second-order valence-electron chi connectivity index (χ2n) is 5.62. The van der Waals surface area contributed by atoms with Crippen LogP contribution in [0.25, 0.3) is 0 Å². The first kappa shape index (κ1) is 18.0. The maximum Gasteiger partial charge on any atom is 0.573 e. The SMILES string of the molecule is CC(N)C1CCN(S(=O)(=O)c2cccc(OC(F)(F)F)c2)CC1. The molecule has 0 amide bonds. The Kier molecular flexibility index (Phi) is 5.22. The van der Waals surface area contributed by atoms with Gasteiger partial charge in [-0.3, -0.25) is 0 Å². The van der Waals surface area contributed by atoms with Crippen LogP contribution in [0.4, 0.5) is 13.2 Å². The molecule has 0 saturated carbocycles. The van der Waals surface area contributed by atoms with Gasteiger partial charge in [-0.25, -0.2) is 8.42 Å². The van der Waals surface area contributed by atoms with Crippen LogP contribution in [0.1, 0.15) is 19.8 Å². The molecule has 2 N–H and O–H groups in total. The number of nitrogens with two attached hydrogens (primary N) is 1. The summed E-state index contributed by atoms with van der Waals surface area (Å²) < 4.78 is 66.9. The minimum absolute atomic E-state index is 0.0108. The number of nitrogens with zero attached hydrogens (tertiary/aromatic N) is 1. The summed E-state index contributed by atoms with van der Waals surface area (Å²) in [6.45, 7) is 2.49. The largest absolute Gasteiger partial charge is 0.573 e. The van der Waals surface area contributed by atoms with E-state index in [0.29, 0.717) is 25.9 Å². The maximum absolute atomic E-state index is 12.5. The van der Waals surface area contributed by atoms with E-state index < -0.39 is 22.1 Å². The highest BCUT2D eigenvalue weighted by molar-refractivity contribution is 7.89. The lowest BCUT2D eigenvalue weighted by Crippen LogP contribution is -2.42. The zero-order chi connectivity index (χ0) is 17.3. The predicted octanol–water partition coefficient (Wildman–Crippen LogP) is 2.33. The monoisotopic (exact) mass is 352 g/mol. The Morgan fingerprint density at radius 2 is 1.91 bits per heavy atom. The van der Waals surface area contributed by atoms with Gasteiger partial charge in [-0.1, -0.05) is 6.07 Å². The van der Waals surface area contributed by atoms with Crippen LogP contribution < -0.4 is 10.5 Å². The highest BCUT2D eigenvalue weighted by Gasteiger charge is 2.33. The molecule has 1 saturated heterocycles. The molecule has 9 heteroatoms. The van der Waals surface area contributed by atoms with E-state index in [-0.39, 0.29) is 16.9 Å². The van der Waals surface area contributed by atoms with Crippen LogP contribution in [0.2, 0.25) is 0 Å². The minimum Gasteiger partial charge on any atom is -0.406 e.